The fourth-order valence-corrected chi connectivity index (χ4v) is 9.33. The Labute approximate surface area is 271 Å². The third-order valence-corrected chi connectivity index (χ3v) is 11.7. The van der Waals surface area contributed by atoms with Crippen molar-refractivity contribution in [1.82, 2.24) is 19.4 Å². The first-order chi connectivity index (χ1) is 21.6. The first kappa shape index (κ1) is 30.7. The minimum absolute atomic E-state index is 0.0676. The van der Waals surface area contributed by atoms with Gasteiger partial charge in [0, 0.05) is 70.5 Å². The predicted octanol–water partition coefficient (Wildman–Crippen LogP) is 6.52. The zero-order valence-electron chi connectivity index (χ0n) is 25.6. The molecular weight excluding hydrogens is 616 g/mol. The van der Waals surface area contributed by atoms with Gasteiger partial charge in [-0.1, -0.05) is 18.2 Å². The Balaban J connectivity index is 1.34. The number of thioether (sulfide) groups is 1. The van der Waals surface area contributed by atoms with Gasteiger partial charge in [-0.25, -0.2) is 13.6 Å². The van der Waals surface area contributed by atoms with Crippen molar-refractivity contribution >= 4 is 46.0 Å². The molecule has 3 aromatic rings. The van der Waals surface area contributed by atoms with Gasteiger partial charge in [0.1, 0.15) is 17.5 Å². The number of piperazine rings is 1. The average molecular weight is 654 g/mol. The summed E-state index contributed by atoms with van der Waals surface area (Å²) in [7, 11) is 0. The molecule has 7 nitrogen and oxygen atoms in total. The molecule has 3 fully saturated rings. The van der Waals surface area contributed by atoms with E-state index in [0.717, 1.165) is 49.8 Å². The van der Waals surface area contributed by atoms with Crippen LogP contribution in [-0.2, 0) is 4.79 Å². The van der Waals surface area contributed by atoms with E-state index >= 15 is 4.39 Å². The van der Waals surface area contributed by atoms with E-state index in [1.165, 1.54) is 31.1 Å². The Morgan fingerprint density at radius 2 is 1.87 bits per heavy atom. The van der Waals surface area contributed by atoms with Gasteiger partial charge in [-0.15, -0.1) is 11.8 Å². The second-order valence-corrected chi connectivity index (χ2v) is 14.6. The molecule has 0 bridgehead atoms. The molecule has 1 aromatic heterocycles. The zero-order valence-corrected chi connectivity index (χ0v) is 27.2. The molecule has 7 rings (SSSR count). The second kappa shape index (κ2) is 12.0. The number of anilines is 1. The number of hydrogen-bond donors (Lipinski definition) is 0. The zero-order chi connectivity index (χ0) is 31.6. The molecule has 1 aliphatic carbocycles. The van der Waals surface area contributed by atoms with Crippen LogP contribution in [0.4, 0.5) is 14.6 Å². The first-order valence-electron chi connectivity index (χ1n) is 15.9. The maximum absolute atomic E-state index is 15.3. The van der Waals surface area contributed by atoms with Gasteiger partial charge in [-0.3, -0.25) is 9.36 Å². The van der Waals surface area contributed by atoms with Crippen molar-refractivity contribution in [2.45, 2.75) is 75.0 Å². The summed E-state index contributed by atoms with van der Waals surface area (Å²) in [5, 5.41) is 1.04. The Morgan fingerprint density at radius 3 is 2.56 bits per heavy atom. The monoisotopic (exact) mass is 653 g/mol. The molecule has 45 heavy (non-hydrogen) atoms. The molecule has 3 aliphatic heterocycles. The van der Waals surface area contributed by atoms with Crippen LogP contribution in [0.2, 0.25) is 5.02 Å². The van der Waals surface area contributed by atoms with Crippen LogP contribution in [0.5, 0.6) is 0 Å². The molecule has 0 unspecified atom stereocenters. The molecule has 0 N–H and O–H groups in total. The molecule has 2 saturated heterocycles. The largest absolute Gasteiger partial charge is 0.350 e. The SMILES string of the molecule is C=CC(=O)N1C[C@H](C)N(c2nc(=O)n3c4c(c(-c5ccc(F)cc5F)c(Cl)cc24)SC[C@@H]3CC2CCN(C3CC3)CC2)C[C@H]1C. The molecule has 11 heteroatoms. The van der Waals surface area contributed by atoms with Crippen molar-refractivity contribution in [2.24, 2.45) is 5.92 Å². The summed E-state index contributed by atoms with van der Waals surface area (Å²) < 4.78 is 31.0. The Hall–Kier alpha value is -2.95. The number of aromatic nitrogens is 2. The summed E-state index contributed by atoms with van der Waals surface area (Å²) in [5.41, 5.74) is 1.04. The van der Waals surface area contributed by atoms with Gasteiger partial charge in [-0.2, -0.15) is 4.98 Å². The predicted molar refractivity (Wildman–Crippen MR) is 176 cm³/mol. The highest BCUT2D eigenvalue weighted by molar-refractivity contribution is 7.99. The first-order valence-corrected chi connectivity index (χ1v) is 17.3. The van der Waals surface area contributed by atoms with Gasteiger partial charge in [0.05, 0.1) is 10.5 Å². The van der Waals surface area contributed by atoms with Crippen molar-refractivity contribution in [3.63, 3.8) is 0 Å². The number of piperidine rings is 1. The highest BCUT2D eigenvalue weighted by Gasteiger charge is 2.37. The lowest BCUT2D eigenvalue weighted by molar-refractivity contribution is -0.128. The maximum atomic E-state index is 15.3. The summed E-state index contributed by atoms with van der Waals surface area (Å²) >= 11 is 8.56. The summed E-state index contributed by atoms with van der Waals surface area (Å²) in [6.45, 7) is 10.8. The van der Waals surface area contributed by atoms with Crippen molar-refractivity contribution in [2.75, 3.05) is 36.8 Å². The smallest absolute Gasteiger partial charge is 0.349 e. The highest BCUT2D eigenvalue weighted by atomic mass is 35.5. The second-order valence-electron chi connectivity index (χ2n) is 13.1. The van der Waals surface area contributed by atoms with Gasteiger partial charge in [0.15, 0.2) is 0 Å². The van der Waals surface area contributed by atoms with Crippen LogP contribution in [0.1, 0.15) is 52.0 Å². The van der Waals surface area contributed by atoms with Crippen molar-refractivity contribution in [3.05, 3.63) is 64.1 Å². The Morgan fingerprint density at radius 1 is 1.11 bits per heavy atom. The third kappa shape index (κ3) is 5.57. The number of carbonyl (C=O) groups excluding carboxylic acids is 1. The van der Waals surface area contributed by atoms with Crippen LogP contribution in [0.3, 0.4) is 0 Å². The fraction of sp³-hybridized carbons (Fsp3) is 0.500. The fourth-order valence-electron chi connectivity index (χ4n) is 7.62. The maximum Gasteiger partial charge on any atom is 0.350 e. The lowest BCUT2D eigenvalue weighted by Crippen LogP contribution is -2.58. The van der Waals surface area contributed by atoms with Crippen LogP contribution in [0.25, 0.3) is 22.0 Å². The van der Waals surface area contributed by atoms with Crippen molar-refractivity contribution in [1.29, 1.82) is 0 Å². The lowest BCUT2D eigenvalue weighted by Gasteiger charge is -2.45. The minimum atomic E-state index is -0.703. The van der Waals surface area contributed by atoms with E-state index in [1.54, 1.807) is 22.7 Å². The molecule has 2 aromatic carbocycles. The number of halogens is 3. The number of hydrogen-bond acceptors (Lipinski definition) is 6. The van der Waals surface area contributed by atoms with Crippen LogP contribution >= 0.6 is 23.4 Å². The molecule has 4 heterocycles. The number of benzene rings is 2. The van der Waals surface area contributed by atoms with E-state index < -0.39 is 11.6 Å². The molecule has 1 amide bonds. The average Bonchev–Trinajstić information content (AvgIpc) is 3.87. The Kier molecular flexibility index (Phi) is 8.19. The lowest BCUT2D eigenvalue weighted by atomic mass is 9.90. The number of nitrogens with zero attached hydrogens (tertiary/aromatic N) is 5. The standard InChI is InChI=1S/C34H38ClF2N5O2S/c1-4-29(43)40-16-20(3)41(17-19(40)2)33-26-15-27(35)30(25-8-5-22(36)14-28(25)37)32-31(26)42(34(44)38-33)24(18-45-32)13-21-9-11-39(12-10-21)23-6-7-23/h4-5,8,14-15,19-21,23-24H,1,6-7,9-13,16-18H2,2-3H3/t19-,20+,24+/m1/s1. The quantitative estimate of drug-likeness (QED) is 0.283. The van der Waals surface area contributed by atoms with Crippen molar-refractivity contribution in [3.8, 4) is 11.1 Å². The van der Waals surface area contributed by atoms with Gasteiger partial charge in [0.2, 0.25) is 5.91 Å². The van der Waals surface area contributed by atoms with Gasteiger partial charge in [0.25, 0.3) is 0 Å². The van der Waals surface area contributed by atoms with Gasteiger partial charge in [-0.05, 0) is 89.2 Å². The number of rotatable bonds is 6. The summed E-state index contributed by atoms with van der Waals surface area (Å²) in [6.07, 6.45) is 7.05. The molecular formula is C34H38ClF2N5O2S. The summed E-state index contributed by atoms with van der Waals surface area (Å²) in [4.78, 5) is 38.6. The van der Waals surface area contributed by atoms with E-state index in [2.05, 4.69) is 16.4 Å². The van der Waals surface area contributed by atoms with Gasteiger partial charge < -0.3 is 14.7 Å². The van der Waals surface area contributed by atoms with E-state index in [0.29, 0.717) is 51.6 Å². The number of carbonyl (C=O) groups is 1. The number of amides is 1. The van der Waals surface area contributed by atoms with E-state index in [4.69, 9.17) is 16.6 Å². The van der Waals surface area contributed by atoms with E-state index in [9.17, 15) is 14.0 Å². The Bertz CT molecular complexity index is 1740. The third-order valence-electron chi connectivity index (χ3n) is 10.1. The number of likely N-dealkylation sites (tertiary alicyclic amines) is 1. The van der Waals surface area contributed by atoms with E-state index in [1.807, 2.05) is 18.4 Å². The molecule has 0 spiro atoms. The molecule has 3 atom stereocenters. The van der Waals surface area contributed by atoms with E-state index in [-0.39, 0.29) is 35.3 Å². The van der Waals surface area contributed by atoms with Crippen LogP contribution < -0.4 is 10.6 Å². The van der Waals surface area contributed by atoms with Crippen LogP contribution in [0, 0.1) is 17.6 Å². The normalized spacial score (nSPS) is 24.3. The van der Waals surface area contributed by atoms with Crippen LogP contribution in [-0.4, -0.2) is 75.3 Å². The van der Waals surface area contributed by atoms with Crippen LogP contribution in [0.15, 0.2) is 46.6 Å². The molecule has 238 valence electrons. The molecule has 1 saturated carbocycles. The van der Waals surface area contributed by atoms with Crippen molar-refractivity contribution < 1.29 is 13.6 Å². The topological polar surface area (TPSA) is 61.7 Å². The molecule has 4 aliphatic rings. The van der Waals surface area contributed by atoms with Gasteiger partial charge >= 0.3 is 5.69 Å². The minimum Gasteiger partial charge on any atom is -0.349 e. The molecule has 0 radical (unpaired) electrons. The highest BCUT2D eigenvalue weighted by Crippen LogP contribution is 2.49. The summed E-state index contributed by atoms with van der Waals surface area (Å²) in [6, 6.07) is 5.73. The summed E-state index contributed by atoms with van der Waals surface area (Å²) in [5.74, 6) is 0.165.